The standard InChI is InChI=1S/C25H36N4O2.HI/c1-5-26-25(28-15-23-7-6-8-24(13-23)30-4)27-14-21-9-11-22(12-10-21)18-29-16-19(2)31-20(3)17-29;/h6-13,19-20H,5,14-18H2,1-4H3,(H2,26,27,28);1H. The molecule has 0 aromatic heterocycles. The number of benzene rings is 2. The van der Waals surface area contributed by atoms with Gasteiger partial charge < -0.3 is 20.1 Å². The van der Waals surface area contributed by atoms with Gasteiger partial charge >= 0.3 is 0 Å². The van der Waals surface area contributed by atoms with Crippen molar-refractivity contribution in [1.29, 1.82) is 0 Å². The third kappa shape index (κ3) is 8.60. The normalized spacial score (nSPS) is 19.2. The minimum atomic E-state index is 0. The molecule has 2 aromatic carbocycles. The van der Waals surface area contributed by atoms with E-state index in [2.05, 4.69) is 66.6 Å². The third-order valence-corrected chi connectivity index (χ3v) is 5.28. The first-order chi connectivity index (χ1) is 15.1. The molecule has 0 saturated carbocycles. The molecule has 6 nitrogen and oxygen atoms in total. The summed E-state index contributed by atoms with van der Waals surface area (Å²) >= 11 is 0. The van der Waals surface area contributed by atoms with Crippen molar-refractivity contribution in [3.05, 3.63) is 65.2 Å². The Morgan fingerprint density at radius 1 is 1.03 bits per heavy atom. The van der Waals surface area contributed by atoms with Crippen LogP contribution in [0, 0.1) is 0 Å². The highest BCUT2D eigenvalue weighted by Crippen LogP contribution is 2.15. The van der Waals surface area contributed by atoms with Crippen molar-refractivity contribution in [3.63, 3.8) is 0 Å². The molecule has 0 amide bonds. The van der Waals surface area contributed by atoms with Crippen LogP contribution in [0.1, 0.15) is 37.5 Å². The van der Waals surface area contributed by atoms with Crippen LogP contribution in [0.25, 0.3) is 0 Å². The fourth-order valence-corrected chi connectivity index (χ4v) is 3.90. The minimum Gasteiger partial charge on any atom is -0.497 e. The molecule has 2 atom stereocenters. The number of aliphatic imine (C=N–C) groups is 1. The summed E-state index contributed by atoms with van der Waals surface area (Å²) in [5, 5.41) is 6.74. The van der Waals surface area contributed by atoms with E-state index in [0.29, 0.717) is 18.8 Å². The highest BCUT2D eigenvalue weighted by molar-refractivity contribution is 14.0. The molecule has 1 heterocycles. The second-order valence-corrected chi connectivity index (χ2v) is 8.17. The number of guanidine groups is 1. The number of halogens is 1. The van der Waals surface area contributed by atoms with Crippen LogP contribution in [0.3, 0.4) is 0 Å². The van der Waals surface area contributed by atoms with Crippen molar-refractivity contribution in [2.75, 3.05) is 26.7 Å². The predicted molar refractivity (Wildman–Crippen MR) is 142 cm³/mol. The predicted octanol–water partition coefficient (Wildman–Crippen LogP) is 4.18. The van der Waals surface area contributed by atoms with Crippen molar-refractivity contribution >= 4 is 29.9 Å². The van der Waals surface area contributed by atoms with Gasteiger partial charge in [0.2, 0.25) is 0 Å². The molecule has 176 valence electrons. The highest BCUT2D eigenvalue weighted by atomic mass is 127. The molecule has 0 bridgehead atoms. The van der Waals surface area contributed by atoms with Gasteiger partial charge in [-0.05, 0) is 49.6 Å². The maximum absolute atomic E-state index is 5.83. The average molecular weight is 553 g/mol. The Kier molecular flexibility index (Phi) is 11.3. The van der Waals surface area contributed by atoms with E-state index in [9.17, 15) is 0 Å². The first-order valence-electron chi connectivity index (χ1n) is 11.2. The quantitative estimate of drug-likeness (QED) is 0.293. The van der Waals surface area contributed by atoms with Gasteiger partial charge in [0.1, 0.15) is 5.75 Å². The Labute approximate surface area is 209 Å². The van der Waals surface area contributed by atoms with E-state index in [1.165, 1.54) is 11.1 Å². The summed E-state index contributed by atoms with van der Waals surface area (Å²) in [6.45, 7) is 11.5. The number of nitrogens with one attached hydrogen (secondary N) is 2. The summed E-state index contributed by atoms with van der Waals surface area (Å²) < 4.78 is 11.1. The molecule has 7 heteroatoms. The Hall–Kier alpha value is -1.84. The lowest BCUT2D eigenvalue weighted by Crippen LogP contribution is -2.44. The van der Waals surface area contributed by atoms with Crippen LogP contribution in [0.2, 0.25) is 0 Å². The smallest absolute Gasteiger partial charge is 0.191 e. The maximum atomic E-state index is 5.83. The monoisotopic (exact) mass is 552 g/mol. The van der Waals surface area contributed by atoms with Gasteiger partial charge in [0.05, 0.1) is 25.9 Å². The molecule has 2 aromatic rings. The fraction of sp³-hybridized carbons (Fsp3) is 0.480. The Balaban J connectivity index is 0.00000363. The van der Waals surface area contributed by atoms with Crippen LogP contribution in [0.15, 0.2) is 53.5 Å². The van der Waals surface area contributed by atoms with Crippen LogP contribution in [0.4, 0.5) is 0 Å². The van der Waals surface area contributed by atoms with Crippen LogP contribution >= 0.6 is 24.0 Å². The maximum Gasteiger partial charge on any atom is 0.191 e. The van der Waals surface area contributed by atoms with E-state index in [0.717, 1.165) is 50.0 Å². The number of hydrogen-bond donors (Lipinski definition) is 2. The molecule has 0 spiro atoms. The zero-order valence-corrected chi connectivity index (χ0v) is 22.0. The van der Waals surface area contributed by atoms with E-state index < -0.39 is 0 Å². The summed E-state index contributed by atoms with van der Waals surface area (Å²) in [7, 11) is 1.68. The van der Waals surface area contributed by atoms with E-state index >= 15 is 0 Å². The zero-order chi connectivity index (χ0) is 22.1. The number of ether oxygens (including phenoxy) is 2. The topological polar surface area (TPSA) is 58.1 Å². The second-order valence-electron chi connectivity index (χ2n) is 8.17. The van der Waals surface area contributed by atoms with Gasteiger partial charge in [0.15, 0.2) is 5.96 Å². The van der Waals surface area contributed by atoms with Crippen molar-refractivity contribution in [2.45, 2.75) is 52.6 Å². The Bertz CT molecular complexity index is 834. The van der Waals surface area contributed by atoms with Crippen LogP contribution in [0.5, 0.6) is 5.75 Å². The summed E-state index contributed by atoms with van der Waals surface area (Å²) in [4.78, 5) is 7.18. The SMILES string of the molecule is CCNC(=NCc1cccc(OC)c1)NCc1ccc(CN2CC(C)OC(C)C2)cc1.I. The van der Waals surface area contributed by atoms with Crippen molar-refractivity contribution in [3.8, 4) is 5.75 Å². The largest absolute Gasteiger partial charge is 0.497 e. The van der Waals surface area contributed by atoms with Crippen LogP contribution in [-0.4, -0.2) is 49.8 Å². The lowest BCUT2D eigenvalue weighted by atomic mass is 10.1. The van der Waals surface area contributed by atoms with E-state index in [-0.39, 0.29) is 24.0 Å². The third-order valence-electron chi connectivity index (χ3n) is 5.28. The number of nitrogens with zero attached hydrogens (tertiary/aromatic N) is 2. The molecule has 2 N–H and O–H groups in total. The van der Waals surface area contributed by atoms with Gasteiger partial charge in [0.25, 0.3) is 0 Å². The van der Waals surface area contributed by atoms with Gasteiger partial charge in [-0.25, -0.2) is 4.99 Å². The number of methoxy groups -OCH3 is 1. The lowest BCUT2D eigenvalue weighted by Gasteiger charge is -2.35. The molecule has 0 aliphatic carbocycles. The molecular weight excluding hydrogens is 515 g/mol. The second kappa shape index (κ2) is 13.6. The van der Waals surface area contributed by atoms with Gasteiger partial charge in [-0.3, -0.25) is 4.90 Å². The average Bonchev–Trinajstić information content (AvgIpc) is 2.76. The van der Waals surface area contributed by atoms with Gasteiger partial charge in [-0.15, -0.1) is 24.0 Å². The molecule has 1 fully saturated rings. The number of hydrogen-bond acceptors (Lipinski definition) is 4. The molecular formula is C25H37IN4O2. The summed E-state index contributed by atoms with van der Waals surface area (Å²) in [6, 6.07) is 16.9. The Morgan fingerprint density at radius 3 is 2.38 bits per heavy atom. The van der Waals surface area contributed by atoms with Crippen LogP contribution in [-0.2, 0) is 24.4 Å². The fourth-order valence-electron chi connectivity index (χ4n) is 3.90. The van der Waals surface area contributed by atoms with Crippen molar-refractivity contribution in [1.82, 2.24) is 15.5 Å². The van der Waals surface area contributed by atoms with Gasteiger partial charge in [-0.1, -0.05) is 36.4 Å². The molecule has 1 aliphatic rings. The molecule has 2 unspecified atom stereocenters. The van der Waals surface area contributed by atoms with Crippen LogP contribution < -0.4 is 15.4 Å². The first-order valence-corrected chi connectivity index (χ1v) is 11.2. The summed E-state index contributed by atoms with van der Waals surface area (Å²) in [5.74, 6) is 1.66. The van der Waals surface area contributed by atoms with E-state index in [1.807, 2.05) is 18.2 Å². The van der Waals surface area contributed by atoms with Crippen molar-refractivity contribution in [2.24, 2.45) is 4.99 Å². The Morgan fingerprint density at radius 2 is 1.72 bits per heavy atom. The lowest BCUT2D eigenvalue weighted by molar-refractivity contribution is -0.0704. The summed E-state index contributed by atoms with van der Waals surface area (Å²) in [6.07, 6.45) is 0.598. The van der Waals surface area contributed by atoms with Gasteiger partial charge in [-0.2, -0.15) is 0 Å². The zero-order valence-electron chi connectivity index (χ0n) is 19.6. The van der Waals surface area contributed by atoms with Gasteiger partial charge in [0, 0.05) is 32.7 Å². The molecule has 32 heavy (non-hydrogen) atoms. The molecule has 3 rings (SSSR count). The van der Waals surface area contributed by atoms with E-state index in [1.54, 1.807) is 7.11 Å². The first kappa shape index (κ1) is 26.4. The summed E-state index contributed by atoms with van der Waals surface area (Å²) in [5.41, 5.74) is 3.69. The number of rotatable bonds is 8. The molecule has 0 radical (unpaired) electrons. The minimum absolute atomic E-state index is 0. The molecule has 1 aliphatic heterocycles. The number of morpholine rings is 1. The highest BCUT2D eigenvalue weighted by Gasteiger charge is 2.21. The van der Waals surface area contributed by atoms with E-state index in [4.69, 9.17) is 14.5 Å². The molecule has 1 saturated heterocycles. The van der Waals surface area contributed by atoms with Crippen molar-refractivity contribution < 1.29 is 9.47 Å².